The van der Waals surface area contributed by atoms with Crippen molar-refractivity contribution in [2.45, 2.75) is 26.7 Å². The third-order valence-electron chi connectivity index (χ3n) is 3.03. The number of nitrogens with two attached hydrogens (primary N) is 1. The third kappa shape index (κ3) is 2.69. The van der Waals surface area contributed by atoms with Gasteiger partial charge >= 0.3 is 0 Å². The maximum Gasteiger partial charge on any atom is 0.256 e. The Morgan fingerprint density at radius 2 is 2.10 bits per heavy atom. The molecule has 0 saturated heterocycles. The molecule has 20 heavy (non-hydrogen) atoms. The number of aromatic nitrogens is 2. The van der Waals surface area contributed by atoms with Gasteiger partial charge in [0, 0.05) is 5.69 Å². The zero-order valence-electron chi connectivity index (χ0n) is 11.7. The molecule has 1 aromatic heterocycles. The van der Waals surface area contributed by atoms with Crippen molar-refractivity contribution in [2.24, 2.45) is 0 Å². The second kappa shape index (κ2) is 5.57. The highest BCUT2D eigenvalue weighted by molar-refractivity contribution is 5.56. The van der Waals surface area contributed by atoms with Crippen molar-refractivity contribution in [1.82, 2.24) is 10.2 Å². The van der Waals surface area contributed by atoms with E-state index in [1.807, 2.05) is 25.1 Å². The summed E-state index contributed by atoms with van der Waals surface area (Å²) in [6.07, 6.45) is 1.46. The normalized spacial score (nSPS) is 10.3. The predicted octanol–water partition coefficient (Wildman–Crippen LogP) is 3.15. The monoisotopic (exact) mass is 268 g/mol. The van der Waals surface area contributed by atoms with E-state index < -0.39 is 0 Å². The molecule has 0 amide bonds. The van der Waals surface area contributed by atoms with E-state index in [0.717, 1.165) is 16.8 Å². The molecular formula is C15H16N4O. The lowest BCUT2D eigenvalue weighted by molar-refractivity contribution is 0.445. The summed E-state index contributed by atoms with van der Waals surface area (Å²) in [5.41, 5.74) is 8.91. The number of nitrogen functional groups attached to an aromatic ring is 1. The molecule has 0 spiro atoms. The maximum absolute atomic E-state index is 9.06. The summed E-state index contributed by atoms with van der Waals surface area (Å²) < 4.78 is 5.78. The van der Waals surface area contributed by atoms with Crippen LogP contribution >= 0.6 is 0 Å². The Labute approximate surface area is 118 Å². The number of aryl methyl sites for hydroxylation is 1. The Kier molecular flexibility index (Phi) is 3.85. The van der Waals surface area contributed by atoms with Crippen molar-refractivity contribution in [3.63, 3.8) is 0 Å². The molecule has 2 N–H and O–H groups in total. The van der Waals surface area contributed by atoms with Gasteiger partial charge in [-0.1, -0.05) is 13.8 Å². The van der Waals surface area contributed by atoms with Gasteiger partial charge in [0.2, 0.25) is 0 Å². The lowest BCUT2D eigenvalue weighted by Crippen LogP contribution is -2.01. The van der Waals surface area contributed by atoms with Gasteiger partial charge in [-0.15, -0.1) is 5.10 Å². The summed E-state index contributed by atoms with van der Waals surface area (Å²) in [6.45, 7) is 6.02. The largest absolute Gasteiger partial charge is 0.436 e. The molecule has 0 aliphatic carbocycles. The van der Waals surface area contributed by atoms with Crippen LogP contribution in [-0.2, 0) is 0 Å². The molecule has 5 heteroatoms. The second-order valence-electron chi connectivity index (χ2n) is 4.87. The molecule has 0 atom stereocenters. The van der Waals surface area contributed by atoms with Crippen LogP contribution in [0.5, 0.6) is 11.6 Å². The lowest BCUT2D eigenvalue weighted by atomic mass is 9.99. The Bertz CT molecular complexity index is 674. The van der Waals surface area contributed by atoms with E-state index in [0.29, 0.717) is 11.3 Å². The first kappa shape index (κ1) is 13.8. The van der Waals surface area contributed by atoms with Crippen LogP contribution in [0.1, 0.15) is 36.5 Å². The van der Waals surface area contributed by atoms with E-state index in [1.165, 1.54) is 6.20 Å². The predicted molar refractivity (Wildman–Crippen MR) is 76.5 cm³/mol. The molecule has 0 bridgehead atoms. The first-order valence-corrected chi connectivity index (χ1v) is 6.32. The second-order valence-corrected chi connectivity index (χ2v) is 4.87. The van der Waals surface area contributed by atoms with Crippen molar-refractivity contribution < 1.29 is 4.74 Å². The van der Waals surface area contributed by atoms with E-state index in [1.54, 1.807) is 6.07 Å². The van der Waals surface area contributed by atoms with Gasteiger partial charge in [-0.25, -0.2) is 0 Å². The minimum absolute atomic E-state index is 0.209. The molecule has 0 aliphatic heterocycles. The van der Waals surface area contributed by atoms with Gasteiger partial charge < -0.3 is 10.5 Å². The fourth-order valence-corrected chi connectivity index (χ4v) is 1.84. The molecule has 2 aromatic rings. The summed E-state index contributed by atoms with van der Waals surface area (Å²) in [6, 6.07) is 7.37. The van der Waals surface area contributed by atoms with Crippen molar-refractivity contribution in [3.05, 3.63) is 41.1 Å². The molecule has 1 heterocycles. The van der Waals surface area contributed by atoms with E-state index >= 15 is 0 Å². The SMILES string of the molecule is Cc1cc(Oc2nnccc2C#N)c(C(C)C)cc1N. The molecule has 0 fully saturated rings. The highest BCUT2D eigenvalue weighted by Crippen LogP contribution is 2.34. The standard InChI is InChI=1S/C15H16N4O/c1-9(2)12-7-13(17)10(3)6-14(12)20-15-11(8-16)4-5-18-19-15/h4-7,9H,17H2,1-3H3. The van der Waals surface area contributed by atoms with Gasteiger partial charge in [0.1, 0.15) is 17.4 Å². The minimum Gasteiger partial charge on any atom is -0.436 e. The fraction of sp³-hybridized carbons (Fsp3) is 0.267. The summed E-state index contributed by atoms with van der Waals surface area (Å²) >= 11 is 0. The summed E-state index contributed by atoms with van der Waals surface area (Å²) in [7, 11) is 0. The van der Waals surface area contributed by atoms with Gasteiger partial charge in [-0.05, 0) is 42.2 Å². The van der Waals surface area contributed by atoms with Crippen molar-refractivity contribution in [2.75, 3.05) is 5.73 Å². The van der Waals surface area contributed by atoms with Crippen LogP contribution < -0.4 is 10.5 Å². The van der Waals surface area contributed by atoms with Gasteiger partial charge in [-0.2, -0.15) is 10.4 Å². The number of hydrogen-bond acceptors (Lipinski definition) is 5. The topological polar surface area (TPSA) is 84.8 Å². The van der Waals surface area contributed by atoms with Gasteiger partial charge in [0.25, 0.3) is 5.88 Å². The Morgan fingerprint density at radius 1 is 1.35 bits per heavy atom. The maximum atomic E-state index is 9.06. The molecule has 5 nitrogen and oxygen atoms in total. The number of ether oxygens (including phenoxy) is 1. The third-order valence-corrected chi connectivity index (χ3v) is 3.03. The molecule has 0 saturated carbocycles. The van der Waals surface area contributed by atoms with Crippen LogP contribution in [0.25, 0.3) is 0 Å². The number of benzene rings is 1. The zero-order chi connectivity index (χ0) is 14.7. The van der Waals surface area contributed by atoms with Crippen LogP contribution in [0.15, 0.2) is 24.4 Å². The Balaban J connectivity index is 2.48. The first-order valence-electron chi connectivity index (χ1n) is 6.32. The average molecular weight is 268 g/mol. The van der Waals surface area contributed by atoms with Crippen LogP contribution in [0.2, 0.25) is 0 Å². The zero-order valence-corrected chi connectivity index (χ0v) is 11.7. The highest BCUT2D eigenvalue weighted by atomic mass is 16.5. The highest BCUT2D eigenvalue weighted by Gasteiger charge is 2.14. The number of rotatable bonds is 3. The van der Waals surface area contributed by atoms with Crippen molar-refractivity contribution >= 4 is 5.69 Å². The smallest absolute Gasteiger partial charge is 0.256 e. The summed E-state index contributed by atoms with van der Waals surface area (Å²) in [5.74, 6) is 1.11. The first-order chi connectivity index (χ1) is 9.52. The molecule has 0 radical (unpaired) electrons. The van der Waals surface area contributed by atoms with Crippen LogP contribution in [0, 0.1) is 18.3 Å². The van der Waals surface area contributed by atoms with Crippen LogP contribution in [-0.4, -0.2) is 10.2 Å². The molecule has 0 aliphatic rings. The Hall–Kier alpha value is -2.61. The molecule has 102 valence electrons. The van der Waals surface area contributed by atoms with Crippen LogP contribution in [0.3, 0.4) is 0 Å². The lowest BCUT2D eigenvalue weighted by Gasteiger charge is -2.15. The van der Waals surface area contributed by atoms with E-state index in [-0.39, 0.29) is 11.8 Å². The van der Waals surface area contributed by atoms with E-state index in [9.17, 15) is 0 Å². The quantitative estimate of drug-likeness (QED) is 0.864. The van der Waals surface area contributed by atoms with Gasteiger partial charge in [-0.3, -0.25) is 0 Å². The number of hydrogen-bond donors (Lipinski definition) is 1. The molecule has 2 rings (SSSR count). The Morgan fingerprint density at radius 3 is 2.75 bits per heavy atom. The van der Waals surface area contributed by atoms with Gasteiger partial charge in [0.05, 0.1) is 6.20 Å². The summed E-state index contributed by atoms with van der Waals surface area (Å²) in [4.78, 5) is 0. The number of nitriles is 1. The van der Waals surface area contributed by atoms with Gasteiger partial charge in [0.15, 0.2) is 0 Å². The number of nitrogens with zero attached hydrogens (tertiary/aromatic N) is 3. The van der Waals surface area contributed by atoms with Crippen LogP contribution in [0.4, 0.5) is 5.69 Å². The molecular weight excluding hydrogens is 252 g/mol. The average Bonchev–Trinajstić information content (AvgIpc) is 2.43. The molecule has 1 aromatic carbocycles. The fourth-order valence-electron chi connectivity index (χ4n) is 1.84. The van der Waals surface area contributed by atoms with E-state index in [2.05, 4.69) is 24.0 Å². The van der Waals surface area contributed by atoms with E-state index in [4.69, 9.17) is 15.7 Å². The summed E-state index contributed by atoms with van der Waals surface area (Å²) in [5, 5.41) is 16.7. The number of anilines is 1. The minimum atomic E-state index is 0.209. The molecule has 0 unspecified atom stereocenters. The van der Waals surface area contributed by atoms with Crippen molar-refractivity contribution in [1.29, 1.82) is 5.26 Å². The van der Waals surface area contributed by atoms with Crippen molar-refractivity contribution in [3.8, 4) is 17.7 Å².